The zero-order valence-corrected chi connectivity index (χ0v) is 9.40. The van der Waals surface area contributed by atoms with Crippen LogP contribution in [-0.2, 0) is 4.43 Å². The first-order chi connectivity index (χ1) is 4.83. The Kier molecular flexibility index (Phi) is 2.19. The molecule has 0 unspecified atom stereocenters. The summed E-state index contributed by atoms with van der Waals surface area (Å²) in [6.07, 6.45) is 3.22. The lowest BCUT2D eigenvalue weighted by atomic mass is 10.2. The van der Waals surface area contributed by atoms with Crippen LogP contribution in [0.15, 0.2) is 0 Å². The van der Waals surface area contributed by atoms with Crippen molar-refractivity contribution in [1.29, 1.82) is 0 Å². The van der Waals surface area contributed by atoms with Crippen LogP contribution in [0.2, 0.25) is 18.1 Å². The third kappa shape index (κ3) is 2.31. The first-order valence-electron chi connectivity index (χ1n) is 4.51. The van der Waals surface area contributed by atoms with Gasteiger partial charge in [-0.25, -0.2) is 0 Å². The normalized spacial score (nSPS) is 20.5. The average Bonchev–Trinajstić information content (AvgIpc) is 2.45. The van der Waals surface area contributed by atoms with Gasteiger partial charge in [0.2, 0.25) is 0 Å². The summed E-state index contributed by atoms with van der Waals surface area (Å²) in [6.45, 7) is 11.5. The summed E-state index contributed by atoms with van der Waals surface area (Å²) in [5.41, 5.74) is 0. The van der Waals surface area contributed by atoms with Gasteiger partial charge in [-0.3, -0.25) is 0 Å². The highest BCUT2D eigenvalue weighted by Gasteiger charge is 2.41. The zero-order valence-electron chi connectivity index (χ0n) is 8.40. The Morgan fingerprint density at radius 1 is 1.18 bits per heavy atom. The van der Waals surface area contributed by atoms with E-state index in [0.29, 0.717) is 11.1 Å². The second-order valence-corrected chi connectivity index (χ2v) is 9.83. The van der Waals surface area contributed by atoms with Gasteiger partial charge in [0.25, 0.3) is 0 Å². The summed E-state index contributed by atoms with van der Waals surface area (Å²) in [6, 6.07) is 0. The Morgan fingerprint density at radius 3 is 1.91 bits per heavy atom. The van der Waals surface area contributed by atoms with Crippen LogP contribution >= 0.6 is 0 Å². The third-order valence-corrected chi connectivity index (χ3v) is 7.33. The predicted octanol–water partition coefficient (Wildman–Crippen LogP) is 3.17. The molecule has 0 radical (unpaired) electrons. The Hall–Kier alpha value is 0.177. The van der Waals surface area contributed by atoms with Crippen molar-refractivity contribution in [2.24, 2.45) is 0 Å². The molecule has 0 spiro atoms. The molecule has 66 valence electrons. The monoisotopic (exact) mass is 172 g/mol. The highest BCUT2D eigenvalue weighted by molar-refractivity contribution is 6.74. The first kappa shape index (κ1) is 9.27. The summed E-state index contributed by atoms with van der Waals surface area (Å²) < 4.78 is 6.05. The van der Waals surface area contributed by atoms with E-state index in [1.807, 2.05) is 0 Å². The second-order valence-electron chi connectivity index (χ2n) is 5.08. The third-order valence-electron chi connectivity index (χ3n) is 2.79. The number of rotatable bonds is 2. The van der Waals surface area contributed by atoms with Crippen LogP contribution in [0.3, 0.4) is 0 Å². The van der Waals surface area contributed by atoms with Crippen LogP contribution in [0.4, 0.5) is 0 Å². The molecule has 0 aromatic carbocycles. The Morgan fingerprint density at radius 2 is 1.64 bits per heavy atom. The molecule has 1 rings (SSSR count). The minimum Gasteiger partial charge on any atom is -0.414 e. The van der Waals surface area contributed by atoms with Crippen LogP contribution in [0, 0.1) is 0 Å². The molecule has 1 saturated carbocycles. The molecule has 2 heteroatoms. The molecular formula is C9H20OSi. The zero-order chi connectivity index (χ0) is 8.70. The van der Waals surface area contributed by atoms with Crippen LogP contribution < -0.4 is 0 Å². The molecule has 0 saturated heterocycles. The minimum absolute atomic E-state index is 0.385. The molecule has 11 heavy (non-hydrogen) atoms. The fourth-order valence-electron chi connectivity index (χ4n) is 0.779. The molecule has 0 heterocycles. The molecule has 1 nitrogen and oxygen atoms in total. The van der Waals surface area contributed by atoms with E-state index in [4.69, 9.17) is 4.43 Å². The van der Waals surface area contributed by atoms with Gasteiger partial charge in [-0.15, -0.1) is 0 Å². The van der Waals surface area contributed by atoms with Gasteiger partial charge in [0.15, 0.2) is 8.32 Å². The van der Waals surface area contributed by atoms with Crippen molar-refractivity contribution in [3.8, 4) is 0 Å². The van der Waals surface area contributed by atoms with Crippen molar-refractivity contribution in [2.45, 2.75) is 57.8 Å². The molecule has 1 fully saturated rings. The van der Waals surface area contributed by atoms with E-state index in [1.165, 1.54) is 12.8 Å². The van der Waals surface area contributed by atoms with Gasteiger partial charge in [-0.05, 0) is 31.0 Å². The fourth-order valence-corrected chi connectivity index (χ4v) is 2.20. The van der Waals surface area contributed by atoms with E-state index in [-0.39, 0.29) is 0 Å². The van der Waals surface area contributed by atoms with Gasteiger partial charge >= 0.3 is 0 Å². The van der Waals surface area contributed by atoms with Crippen molar-refractivity contribution in [3.05, 3.63) is 0 Å². The van der Waals surface area contributed by atoms with Crippen molar-refractivity contribution in [1.82, 2.24) is 0 Å². The summed E-state index contributed by atoms with van der Waals surface area (Å²) >= 11 is 0. The predicted molar refractivity (Wildman–Crippen MR) is 51.3 cm³/mol. The van der Waals surface area contributed by atoms with E-state index in [2.05, 4.69) is 33.9 Å². The van der Waals surface area contributed by atoms with E-state index in [1.54, 1.807) is 0 Å². The van der Waals surface area contributed by atoms with E-state index >= 15 is 0 Å². The largest absolute Gasteiger partial charge is 0.414 e. The van der Waals surface area contributed by atoms with Crippen molar-refractivity contribution < 1.29 is 4.43 Å². The maximum atomic E-state index is 6.05. The van der Waals surface area contributed by atoms with Gasteiger partial charge in [0.1, 0.15) is 0 Å². The van der Waals surface area contributed by atoms with Gasteiger partial charge in [0.05, 0.1) is 0 Å². The van der Waals surface area contributed by atoms with Gasteiger partial charge in [0, 0.05) is 6.10 Å². The Balaban J connectivity index is 2.49. The number of hydrogen-bond acceptors (Lipinski definition) is 1. The smallest absolute Gasteiger partial charge is 0.192 e. The summed E-state index contributed by atoms with van der Waals surface area (Å²) in [5, 5.41) is 0.385. The van der Waals surface area contributed by atoms with Crippen LogP contribution in [0.1, 0.15) is 33.6 Å². The molecule has 0 aromatic heterocycles. The quantitative estimate of drug-likeness (QED) is 0.581. The summed E-state index contributed by atoms with van der Waals surface area (Å²) in [4.78, 5) is 0. The highest BCUT2D eigenvalue weighted by atomic mass is 28.4. The lowest BCUT2D eigenvalue weighted by Crippen LogP contribution is -2.41. The van der Waals surface area contributed by atoms with Crippen molar-refractivity contribution >= 4 is 8.32 Å². The first-order valence-corrected chi connectivity index (χ1v) is 7.41. The maximum Gasteiger partial charge on any atom is 0.192 e. The molecule has 1 aliphatic carbocycles. The van der Waals surface area contributed by atoms with Gasteiger partial charge in [-0.1, -0.05) is 20.8 Å². The second kappa shape index (κ2) is 2.59. The molecule has 0 atom stereocenters. The van der Waals surface area contributed by atoms with Crippen LogP contribution in [0.25, 0.3) is 0 Å². The summed E-state index contributed by atoms with van der Waals surface area (Å²) in [7, 11) is -1.41. The lowest BCUT2D eigenvalue weighted by Gasteiger charge is -2.36. The molecule has 0 bridgehead atoms. The van der Waals surface area contributed by atoms with Crippen molar-refractivity contribution in [3.63, 3.8) is 0 Å². The van der Waals surface area contributed by atoms with Crippen LogP contribution in [0.5, 0.6) is 0 Å². The van der Waals surface area contributed by atoms with Gasteiger partial charge < -0.3 is 4.43 Å². The SMILES string of the molecule is CC(C)(C)[Si](C)(C)OC1CC1. The molecule has 0 amide bonds. The molecule has 0 aromatic rings. The minimum atomic E-state index is -1.41. The van der Waals surface area contributed by atoms with E-state index in [9.17, 15) is 0 Å². The average molecular weight is 172 g/mol. The maximum absolute atomic E-state index is 6.05. The molecule has 1 aliphatic rings. The standard InChI is InChI=1S/C9H20OSi/c1-9(2,3)11(4,5)10-8-6-7-8/h8H,6-7H2,1-5H3. The van der Waals surface area contributed by atoms with Crippen molar-refractivity contribution in [2.75, 3.05) is 0 Å². The Labute approximate surface area is 71.3 Å². The van der Waals surface area contributed by atoms with E-state index < -0.39 is 8.32 Å². The molecule has 0 N–H and O–H groups in total. The fraction of sp³-hybridized carbons (Fsp3) is 1.00. The van der Waals surface area contributed by atoms with Crippen LogP contribution in [-0.4, -0.2) is 14.4 Å². The molecule has 0 aliphatic heterocycles. The van der Waals surface area contributed by atoms with E-state index in [0.717, 1.165) is 0 Å². The molecular weight excluding hydrogens is 152 g/mol. The Bertz CT molecular complexity index is 142. The summed E-state index contributed by atoms with van der Waals surface area (Å²) in [5.74, 6) is 0. The lowest BCUT2D eigenvalue weighted by molar-refractivity contribution is 0.274. The topological polar surface area (TPSA) is 9.23 Å². The number of hydrogen-bond donors (Lipinski definition) is 0. The van der Waals surface area contributed by atoms with Gasteiger partial charge in [-0.2, -0.15) is 0 Å². The highest BCUT2D eigenvalue weighted by Crippen LogP contribution is 2.40.